The van der Waals surface area contributed by atoms with E-state index in [2.05, 4.69) is 5.32 Å². The number of anilines is 1. The molecule has 1 aliphatic carbocycles. The number of rotatable bonds is 3. The van der Waals surface area contributed by atoms with Crippen LogP contribution in [0.15, 0.2) is 18.2 Å². The number of carbonyl (C=O) groups is 3. The van der Waals surface area contributed by atoms with Crippen LogP contribution in [0.5, 0.6) is 0 Å². The van der Waals surface area contributed by atoms with Crippen molar-refractivity contribution in [3.05, 3.63) is 28.8 Å². The fraction of sp³-hybridized carbons (Fsp3) is 0.400. The normalized spacial score (nSPS) is 18.2. The van der Waals surface area contributed by atoms with Crippen molar-refractivity contribution in [3.8, 4) is 0 Å². The number of halogens is 1. The van der Waals surface area contributed by atoms with Crippen molar-refractivity contribution < 1.29 is 14.4 Å². The van der Waals surface area contributed by atoms with Gasteiger partial charge in [-0.1, -0.05) is 30.5 Å². The number of benzene rings is 1. The van der Waals surface area contributed by atoms with Gasteiger partial charge >= 0.3 is 0 Å². The van der Waals surface area contributed by atoms with E-state index in [0.717, 1.165) is 25.7 Å². The van der Waals surface area contributed by atoms with Gasteiger partial charge in [0.25, 0.3) is 11.7 Å². The number of nitrogens with zero attached hydrogens (tertiary/aromatic N) is 1. The van der Waals surface area contributed by atoms with Gasteiger partial charge in [-0.05, 0) is 25.0 Å². The van der Waals surface area contributed by atoms with Gasteiger partial charge in [-0.15, -0.1) is 0 Å². The fourth-order valence-corrected chi connectivity index (χ4v) is 3.20. The van der Waals surface area contributed by atoms with E-state index in [1.54, 1.807) is 18.2 Å². The third-order valence-corrected chi connectivity index (χ3v) is 4.29. The van der Waals surface area contributed by atoms with Crippen molar-refractivity contribution in [2.45, 2.75) is 31.7 Å². The molecule has 0 unspecified atom stereocenters. The lowest BCUT2D eigenvalue weighted by Gasteiger charge is -2.18. The van der Waals surface area contributed by atoms with Crippen molar-refractivity contribution in [1.29, 1.82) is 0 Å². The van der Waals surface area contributed by atoms with Crippen LogP contribution in [-0.4, -0.2) is 30.2 Å². The minimum Gasteiger partial charge on any atom is -0.352 e. The highest BCUT2D eigenvalue weighted by molar-refractivity contribution is 6.55. The smallest absolute Gasteiger partial charge is 0.300 e. The van der Waals surface area contributed by atoms with Crippen LogP contribution in [0.25, 0.3) is 0 Å². The molecular weight excluding hydrogens is 292 g/mol. The Balaban J connectivity index is 1.77. The van der Waals surface area contributed by atoms with Crippen LogP contribution in [0.2, 0.25) is 5.02 Å². The molecule has 1 N–H and O–H groups in total. The predicted molar refractivity (Wildman–Crippen MR) is 78.5 cm³/mol. The number of ketones is 1. The van der Waals surface area contributed by atoms with Gasteiger partial charge in [0.1, 0.15) is 6.54 Å². The van der Waals surface area contributed by atoms with Crippen LogP contribution in [0, 0.1) is 0 Å². The standard InChI is InChI=1S/C15H15ClN2O3/c16-10-6-3-7-11-13(10)14(20)15(21)18(11)8-12(19)17-9-4-1-2-5-9/h3,6-7,9H,1-2,4-5,8H2,(H,17,19). The van der Waals surface area contributed by atoms with E-state index in [1.807, 2.05) is 0 Å². The molecule has 1 heterocycles. The Kier molecular flexibility index (Phi) is 3.68. The van der Waals surface area contributed by atoms with E-state index in [9.17, 15) is 14.4 Å². The summed E-state index contributed by atoms with van der Waals surface area (Å²) in [5.74, 6) is -1.58. The highest BCUT2D eigenvalue weighted by Gasteiger charge is 2.38. The number of fused-ring (bicyclic) bond motifs is 1. The summed E-state index contributed by atoms with van der Waals surface area (Å²) in [6.07, 6.45) is 4.18. The first kappa shape index (κ1) is 14.1. The molecule has 110 valence electrons. The van der Waals surface area contributed by atoms with Crippen LogP contribution >= 0.6 is 11.6 Å². The lowest BCUT2D eigenvalue weighted by atomic mass is 10.1. The van der Waals surface area contributed by atoms with Crippen molar-refractivity contribution in [3.63, 3.8) is 0 Å². The first-order valence-corrected chi connectivity index (χ1v) is 7.40. The SMILES string of the molecule is O=C(CN1C(=O)C(=O)c2c(Cl)cccc21)NC1CCCC1. The van der Waals surface area contributed by atoms with Crippen LogP contribution in [0.4, 0.5) is 5.69 Å². The zero-order valence-electron chi connectivity index (χ0n) is 11.4. The lowest BCUT2D eigenvalue weighted by molar-refractivity contribution is -0.122. The van der Waals surface area contributed by atoms with Crippen molar-refractivity contribution in [2.24, 2.45) is 0 Å². The van der Waals surface area contributed by atoms with E-state index in [1.165, 1.54) is 4.90 Å². The molecule has 0 spiro atoms. The van der Waals surface area contributed by atoms with Gasteiger partial charge in [0.2, 0.25) is 5.91 Å². The molecule has 2 aliphatic rings. The van der Waals surface area contributed by atoms with E-state index >= 15 is 0 Å². The minimum absolute atomic E-state index is 0.144. The molecule has 2 amide bonds. The number of Topliss-reactive ketones (excluding diaryl/α,β-unsaturated/α-hetero) is 1. The number of hydrogen-bond donors (Lipinski definition) is 1. The summed E-state index contributed by atoms with van der Waals surface area (Å²) in [7, 11) is 0. The molecule has 3 rings (SSSR count). The highest BCUT2D eigenvalue weighted by Crippen LogP contribution is 2.33. The number of hydrogen-bond acceptors (Lipinski definition) is 3. The average Bonchev–Trinajstić information content (AvgIpc) is 3.03. The zero-order valence-corrected chi connectivity index (χ0v) is 12.2. The molecule has 1 aliphatic heterocycles. The molecule has 0 radical (unpaired) electrons. The molecule has 0 aromatic heterocycles. The Morgan fingerprint density at radius 2 is 2.00 bits per heavy atom. The topological polar surface area (TPSA) is 66.5 Å². The maximum Gasteiger partial charge on any atom is 0.300 e. The lowest BCUT2D eigenvalue weighted by Crippen LogP contribution is -2.43. The van der Waals surface area contributed by atoms with Gasteiger partial charge in [0, 0.05) is 6.04 Å². The second kappa shape index (κ2) is 5.48. The molecule has 6 heteroatoms. The van der Waals surface area contributed by atoms with E-state index in [0.29, 0.717) is 5.69 Å². The molecule has 0 saturated heterocycles. The number of carbonyl (C=O) groups excluding carboxylic acids is 3. The van der Waals surface area contributed by atoms with Gasteiger partial charge in [-0.3, -0.25) is 19.3 Å². The maximum atomic E-state index is 12.1. The quantitative estimate of drug-likeness (QED) is 0.868. The Bertz CT molecular complexity index is 623. The molecule has 21 heavy (non-hydrogen) atoms. The van der Waals surface area contributed by atoms with Gasteiger partial charge in [-0.2, -0.15) is 0 Å². The molecule has 1 aromatic rings. The molecule has 1 saturated carbocycles. The van der Waals surface area contributed by atoms with Gasteiger partial charge in [0.15, 0.2) is 0 Å². The Morgan fingerprint density at radius 3 is 2.71 bits per heavy atom. The number of amides is 2. The summed E-state index contributed by atoms with van der Waals surface area (Å²) in [6.45, 7) is -0.144. The molecule has 0 bridgehead atoms. The Morgan fingerprint density at radius 1 is 1.29 bits per heavy atom. The van der Waals surface area contributed by atoms with Gasteiger partial charge in [0.05, 0.1) is 16.3 Å². The van der Waals surface area contributed by atoms with Gasteiger partial charge in [-0.25, -0.2) is 0 Å². The molecular formula is C15H15ClN2O3. The summed E-state index contributed by atoms with van der Waals surface area (Å²) in [5.41, 5.74) is 0.608. The van der Waals surface area contributed by atoms with E-state index < -0.39 is 11.7 Å². The average molecular weight is 307 g/mol. The summed E-state index contributed by atoms with van der Waals surface area (Å²) in [6, 6.07) is 5.04. The van der Waals surface area contributed by atoms with Crippen LogP contribution in [-0.2, 0) is 9.59 Å². The Labute approximate surface area is 127 Å². The monoisotopic (exact) mass is 306 g/mol. The molecule has 1 fully saturated rings. The van der Waals surface area contributed by atoms with Crippen molar-refractivity contribution >= 4 is 34.9 Å². The molecule has 1 aromatic carbocycles. The summed E-state index contributed by atoms with van der Waals surface area (Å²) >= 11 is 5.97. The minimum atomic E-state index is -0.695. The van der Waals surface area contributed by atoms with Crippen LogP contribution < -0.4 is 10.2 Å². The first-order valence-electron chi connectivity index (χ1n) is 7.02. The predicted octanol–water partition coefficient (Wildman–Crippen LogP) is 1.93. The van der Waals surface area contributed by atoms with E-state index in [4.69, 9.17) is 11.6 Å². The van der Waals surface area contributed by atoms with Crippen LogP contribution in [0.3, 0.4) is 0 Å². The van der Waals surface area contributed by atoms with Crippen LogP contribution in [0.1, 0.15) is 36.0 Å². The molecule has 5 nitrogen and oxygen atoms in total. The largest absolute Gasteiger partial charge is 0.352 e. The Hall–Kier alpha value is -1.88. The third-order valence-electron chi connectivity index (χ3n) is 3.97. The van der Waals surface area contributed by atoms with E-state index in [-0.39, 0.29) is 29.1 Å². The second-order valence-electron chi connectivity index (χ2n) is 5.40. The third kappa shape index (κ3) is 2.53. The number of nitrogens with one attached hydrogen (secondary N) is 1. The fourth-order valence-electron chi connectivity index (χ4n) is 2.95. The second-order valence-corrected chi connectivity index (χ2v) is 5.81. The maximum absolute atomic E-state index is 12.1. The summed E-state index contributed by atoms with van der Waals surface area (Å²) < 4.78 is 0. The van der Waals surface area contributed by atoms with Crippen molar-refractivity contribution in [1.82, 2.24) is 5.32 Å². The van der Waals surface area contributed by atoms with Gasteiger partial charge < -0.3 is 5.32 Å². The summed E-state index contributed by atoms with van der Waals surface area (Å²) in [4.78, 5) is 37.2. The van der Waals surface area contributed by atoms with Crippen molar-refractivity contribution in [2.75, 3.05) is 11.4 Å². The first-order chi connectivity index (χ1) is 10.1. The highest BCUT2D eigenvalue weighted by atomic mass is 35.5. The molecule has 0 atom stereocenters. The zero-order chi connectivity index (χ0) is 15.0. The summed E-state index contributed by atoms with van der Waals surface area (Å²) in [5, 5.41) is 3.15.